The van der Waals surface area contributed by atoms with Crippen molar-refractivity contribution in [3.63, 3.8) is 0 Å². The van der Waals surface area contributed by atoms with E-state index >= 15 is 0 Å². The Morgan fingerprint density at radius 3 is 1.14 bits per heavy atom. The van der Waals surface area contributed by atoms with Crippen molar-refractivity contribution in [2.45, 2.75) is 37.8 Å². The van der Waals surface area contributed by atoms with Crippen LogP contribution in [-0.4, -0.2) is 71.2 Å². The van der Waals surface area contributed by atoms with Gasteiger partial charge in [0.05, 0.1) is 11.9 Å². The molecule has 43 heavy (non-hydrogen) atoms. The van der Waals surface area contributed by atoms with Gasteiger partial charge in [-0.25, -0.2) is 0 Å². The van der Waals surface area contributed by atoms with Gasteiger partial charge in [-0.2, -0.15) is 0 Å². The van der Waals surface area contributed by atoms with E-state index < -0.39 is 36.0 Å². The van der Waals surface area contributed by atoms with Crippen molar-refractivity contribution < 1.29 is 59.1 Å². The molecule has 0 saturated carbocycles. The van der Waals surface area contributed by atoms with Crippen LogP contribution in [0.15, 0.2) is 60.7 Å². The SMILES string of the molecule is N=C(N)NCCCC(N)C(=O)O.N=C(N)NCCCC(N)C(=O)O.O=C([O-])c1ccccc1.O=C([O-])c1ccccc1.[Zn+2]. The van der Waals surface area contributed by atoms with Gasteiger partial charge in [-0.15, -0.1) is 0 Å². The van der Waals surface area contributed by atoms with Gasteiger partial charge in [0.2, 0.25) is 0 Å². The molecule has 0 amide bonds. The van der Waals surface area contributed by atoms with Crippen LogP contribution in [0.1, 0.15) is 46.4 Å². The number of aromatic carboxylic acids is 2. The average molecular weight is 656 g/mol. The van der Waals surface area contributed by atoms with Gasteiger partial charge in [-0.05, 0) is 36.8 Å². The summed E-state index contributed by atoms with van der Waals surface area (Å²) >= 11 is 0. The fourth-order valence-corrected chi connectivity index (χ4v) is 2.49. The zero-order valence-electron chi connectivity index (χ0n) is 23.5. The first-order chi connectivity index (χ1) is 19.7. The van der Waals surface area contributed by atoms with Crippen molar-refractivity contribution in [2.75, 3.05) is 13.1 Å². The third kappa shape index (κ3) is 27.3. The summed E-state index contributed by atoms with van der Waals surface area (Å²) < 4.78 is 0. The molecule has 2 rings (SSSR count). The third-order valence-electron chi connectivity index (χ3n) is 4.67. The van der Waals surface area contributed by atoms with E-state index in [1.54, 1.807) is 36.4 Å². The Balaban J connectivity index is -0.000000496. The van der Waals surface area contributed by atoms with E-state index in [1.807, 2.05) is 0 Å². The molecular formula is C26H38N8O8Zn. The number of guanidine groups is 2. The number of carboxylic acid groups (broad SMARTS) is 4. The molecule has 17 heteroatoms. The molecule has 0 aliphatic rings. The summed E-state index contributed by atoms with van der Waals surface area (Å²) in [5.74, 6) is -4.49. The predicted molar refractivity (Wildman–Crippen MR) is 151 cm³/mol. The number of rotatable bonds is 12. The van der Waals surface area contributed by atoms with Crippen LogP contribution in [0.3, 0.4) is 0 Å². The van der Waals surface area contributed by atoms with Gasteiger partial charge in [0.25, 0.3) is 0 Å². The number of carbonyl (C=O) groups is 4. The fraction of sp³-hybridized carbons (Fsp3) is 0.308. The third-order valence-corrected chi connectivity index (χ3v) is 4.67. The van der Waals surface area contributed by atoms with Gasteiger partial charge in [-0.1, -0.05) is 60.7 Å². The van der Waals surface area contributed by atoms with Crippen LogP contribution in [0.4, 0.5) is 0 Å². The minimum atomic E-state index is -1.13. The van der Waals surface area contributed by atoms with Gasteiger partial charge in [0.1, 0.15) is 12.1 Å². The summed E-state index contributed by atoms with van der Waals surface area (Å²) in [6, 6.07) is 14.5. The molecule has 232 valence electrons. The number of hydrogen-bond donors (Lipinski definition) is 10. The zero-order valence-corrected chi connectivity index (χ0v) is 26.5. The molecule has 0 spiro atoms. The molecule has 0 radical (unpaired) electrons. The monoisotopic (exact) mass is 654 g/mol. The van der Waals surface area contributed by atoms with E-state index in [1.165, 1.54) is 24.3 Å². The first-order valence-corrected chi connectivity index (χ1v) is 12.3. The second-order valence-electron chi connectivity index (χ2n) is 8.16. The molecule has 2 unspecified atom stereocenters. The van der Waals surface area contributed by atoms with Gasteiger partial charge >= 0.3 is 31.4 Å². The molecule has 0 aliphatic heterocycles. The number of nitrogens with two attached hydrogens (primary N) is 4. The number of carboxylic acids is 4. The quantitative estimate of drug-likeness (QED) is 0.0486. The van der Waals surface area contributed by atoms with E-state index in [9.17, 15) is 29.4 Å². The summed E-state index contributed by atoms with van der Waals surface area (Å²) in [4.78, 5) is 40.6. The number of aliphatic carboxylic acids is 2. The Kier molecular flexibility index (Phi) is 26.2. The topological polar surface area (TPSA) is 331 Å². The summed E-state index contributed by atoms with van der Waals surface area (Å²) in [7, 11) is 0. The Labute approximate surface area is 261 Å². The zero-order chi connectivity index (χ0) is 32.5. The van der Waals surface area contributed by atoms with Crippen LogP contribution < -0.4 is 43.8 Å². The molecule has 0 aliphatic carbocycles. The van der Waals surface area contributed by atoms with Gasteiger partial charge in [0, 0.05) is 13.1 Å². The Morgan fingerprint density at radius 1 is 0.674 bits per heavy atom. The molecule has 2 atom stereocenters. The fourth-order valence-electron chi connectivity index (χ4n) is 2.49. The second kappa shape index (κ2) is 26.3. The molecule has 0 heterocycles. The number of hydrogen-bond acceptors (Lipinski definition) is 10. The van der Waals surface area contributed by atoms with Crippen molar-refractivity contribution in [3.05, 3.63) is 71.8 Å². The molecule has 2 aromatic carbocycles. The Hall–Kier alpha value is -4.60. The van der Waals surface area contributed by atoms with E-state index in [2.05, 4.69) is 10.6 Å². The first kappa shape index (κ1) is 42.9. The number of carbonyl (C=O) groups excluding carboxylic acids is 2. The van der Waals surface area contributed by atoms with Crippen LogP contribution in [0, 0.1) is 10.8 Å². The Morgan fingerprint density at radius 2 is 0.953 bits per heavy atom. The summed E-state index contributed by atoms with van der Waals surface area (Å²) in [5, 5.41) is 55.6. The van der Waals surface area contributed by atoms with E-state index in [4.69, 9.17) is 44.0 Å². The molecule has 14 N–H and O–H groups in total. The molecule has 0 fully saturated rings. The van der Waals surface area contributed by atoms with Crippen molar-refractivity contribution in [1.29, 1.82) is 10.8 Å². The van der Waals surface area contributed by atoms with Crippen molar-refractivity contribution in [1.82, 2.24) is 10.6 Å². The minimum Gasteiger partial charge on any atom is -0.545 e. The van der Waals surface area contributed by atoms with E-state index in [0.29, 0.717) is 38.8 Å². The number of nitrogens with one attached hydrogen (secondary N) is 4. The van der Waals surface area contributed by atoms with E-state index in [0.717, 1.165) is 0 Å². The average Bonchev–Trinajstić information content (AvgIpc) is 2.94. The van der Waals surface area contributed by atoms with Crippen LogP contribution in [0.5, 0.6) is 0 Å². The standard InChI is InChI=1S/2C7H6O2.2C6H14N4O2.Zn/c2*8-7(9)6-4-2-1-3-5-6;2*7-4(5(11)12)2-1-3-10-6(8)9;/h2*1-5H,(H,8,9);2*4H,1-3,7H2,(H,11,12)(H4,8,9,10);/q;;;;+2/p-2. The number of benzene rings is 2. The maximum atomic E-state index is 10.2. The summed E-state index contributed by atoms with van der Waals surface area (Å²) in [5.41, 5.74) is 20.9. The van der Waals surface area contributed by atoms with Gasteiger partial charge in [0.15, 0.2) is 11.9 Å². The second-order valence-corrected chi connectivity index (χ2v) is 8.16. The van der Waals surface area contributed by atoms with Crippen molar-refractivity contribution in [3.8, 4) is 0 Å². The molecule has 16 nitrogen and oxygen atoms in total. The summed E-state index contributed by atoms with van der Waals surface area (Å²) in [6.45, 7) is 0.965. The molecule has 0 aromatic heterocycles. The predicted octanol–water partition coefficient (Wildman–Crippen LogP) is -2.58. The maximum Gasteiger partial charge on any atom is 2.00 e. The van der Waals surface area contributed by atoms with Crippen LogP contribution in [0.25, 0.3) is 0 Å². The molecular weight excluding hydrogens is 618 g/mol. The minimum absolute atomic E-state index is 0. The van der Waals surface area contributed by atoms with E-state index in [-0.39, 0.29) is 42.5 Å². The largest absolute Gasteiger partial charge is 2.00 e. The first-order valence-electron chi connectivity index (χ1n) is 12.3. The van der Waals surface area contributed by atoms with Crippen LogP contribution >= 0.6 is 0 Å². The molecule has 0 bridgehead atoms. The van der Waals surface area contributed by atoms with Crippen LogP contribution in [0.2, 0.25) is 0 Å². The normalized spacial score (nSPS) is 10.5. The van der Waals surface area contributed by atoms with Crippen LogP contribution in [-0.2, 0) is 29.1 Å². The summed E-state index contributed by atoms with van der Waals surface area (Å²) in [6.07, 6.45) is 1.95. The van der Waals surface area contributed by atoms with Crippen molar-refractivity contribution in [2.24, 2.45) is 22.9 Å². The van der Waals surface area contributed by atoms with Gasteiger partial charge in [-0.3, -0.25) is 20.4 Å². The Bertz CT molecular complexity index is 1020. The van der Waals surface area contributed by atoms with Gasteiger partial charge < -0.3 is 63.6 Å². The smallest absolute Gasteiger partial charge is 0.545 e. The maximum absolute atomic E-state index is 10.2. The molecule has 2 aromatic rings. The van der Waals surface area contributed by atoms with Crippen molar-refractivity contribution >= 4 is 35.8 Å². The molecule has 0 saturated heterocycles.